The van der Waals surface area contributed by atoms with Crippen molar-refractivity contribution in [3.8, 4) is 5.75 Å². The van der Waals surface area contributed by atoms with Gasteiger partial charge in [-0.25, -0.2) is 0 Å². The molecular weight excluding hydrogens is 181 g/mol. The number of hydrogen-bond donors (Lipinski definition) is 1. The standard InChI is InChI=1S/C11H16FNO/c1-8-4-5-10(13)9(2)11(8)14-7-3-6-12/h4-5H,3,6-7,13H2,1-2H3. The first-order valence-corrected chi connectivity index (χ1v) is 4.71. The van der Waals surface area contributed by atoms with Gasteiger partial charge in [-0.05, 0) is 25.5 Å². The summed E-state index contributed by atoms with van der Waals surface area (Å²) in [6, 6.07) is 3.76. The third-order valence-corrected chi connectivity index (χ3v) is 2.17. The molecule has 0 spiro atoms. The Morgan fingerprint density at radius 1 is 1.36 bits per heavy atom. The Bertz CT molecular complexity index is 312. The largest absolute Gasteiger partial charge is 0.493 e. The van der Waals surface area contributed by atoms with Crippen LogP contribution in [0.25, 0.3) is 0 Å². The van der Waals surface area contributed by atoms with Gasteiger partial charge in [-0.3, -0.25) is 4.39 Å². The highest BCUT2D eigenvalue weighted by atomic mass is 19.1. The van der Waals surface area contributed by atoms with Crippen molar-refractivity contribution in [2.75, 3.05) is 19.0 Å². The molecule has 1 aromatic carbocycles. The summed E-state index contributed by atoms with van der Waals surface area (Å²) in [5.74, 6) is 0.790. The predicted octanol–water partition coefficient (Wildman–Crippen LogP) is 2.62. The molecular formula is C11H16FNO. The molecule has 0 aliphatic heterocycles. The summed E-state index contributed by atoms with van der Waals surface area (Å²) in [6.07, 6.45) is 0.424. The lowest BCUT2D eigenvalue weighted by molar-refractivity contribution is 0.286. The average molecular weight is 197 g/mol. The molecule has 0 aliphatic carbocycles. The summed E-state index contributed by atoms with van der Waals surface area (Å²) in [4.78, 5) is 0. The van der Waals surface area contributed by atoms with Crippen molar-refractivity contribution in [2.45, 2.75) is 20.3 Å². The highest BCUT2D eigenvalue weighted by molar-refractivity contribution is 5.56. The molecule has 0 bridgehead atoms. The number of anilines is 1. The number of nitrogen functional groups attached to an aromatic ring is 1. The van der Waals surface area contributed by atoms with Crippen LogP contribution in [0.3, 0.4) is 0 Å². The van der Waals surface area contributed by atoms with Crippen LogP contribution in [0.4, 0.5) is 10.1 Å². The maximum absolute atomic E-state index is 11.9. The lowest BCUT2D eigenvalue weighted by atomic mass is 10.1. The van der Waals surface area contributed by atoms with Crippen molar-refractivity contribution in [1.29, 1.82) is 0 Å². The average Bonchev–Trinajstić information content (AvgIpc) is 2.18. The van der Waals surface area contributed by atoms with Crippen LogP contribution in [0.15, 0.2) is 12.1 Å². The molecule has 0 radical (unpaired) electrons. The predicted molar refractivity (Wildman–Crippen MR) is 56.4 cm³/mol. The molecule has 78 valence electrons. The van der Waals surface area contributed by atoms with Gasteiger partial charge in [0.05, 0.1) is 13.3 Å². The first kappa shape index (κ1) is 10.8. The molecule has 0 aromatic heterocycles. The van der Waals surface area contributed by atoms with E-state index >= 15 is 0 Å². The Hall–Kier alpha value is -1.25. The molecule has 3 heteroatoms. The van der Waals surface area contributed by atoms with Crippen molar-refractivity contribution in [1.82, 2.24) is 0 Å². The van der Waals surface area contributed by atoms with Crippen LogP contribution >= 0.6 is 0 Å². The topological polar surface area (TPSA) is 35.2 Å². The van der Waals surface area contributed by atoms with E-state index in [-0.39, 0.29) is 6.67 Å². The zero-order valence-corrected chi connectivity index (χ0v) is 8.64. The number of halogens is 1. The van der Waals surface area contributed by atoms with Crippen LogP contribution in [-0.2, 0) is 0 Å². The second-order valence-corrected chi connectivity index (χ2v) is 3.32. The minimum absolute atomic E-state index is 0.347. The number of nitrogens with two attached hydrogens (primary N) is 1. The Morgan fingerprint density at radius 3 is 2.71 bits per heavy atom. The van der Waals surface area contributed by atoms with E-state index in [0.717, 1.165) is 16.9 Å². The molecule has 0 saturated heterocycles. The van der Waals surface area contributed by atoms with Crippen LogP contribution in [0.5, 0.6) is 5.75 Å². The van der Waals surface area contributed by atoms with Gasteiger partial charge in [-0.1, -0.05) is 6.07 Å². The molecule has 0 aliphatic rings. The van der Waals surface area contributed by atoms with Crippen LogP contribution in [0.1, 0.15) is 17.5 Å². The second kappa shape index (κ2) is 4.84. The summed E-state index contributed by atoms with van der Waals surface area (Å²) in [5, 5.41) is 0. The molecule has 0 saturated carbocycles. The van der Waals surface area contributed by atoms with Crippen molar-refractivity contribution < 1.29 is 9.13 Å². The Balaban J connectivity index is 2.79. The molecule has 14 heavy (non-hydrogen) atoms. The van der Waals surface area contributed by atoms with Crippen LogP contribution < -0.4 is 10.5 Å². The third-order valence-electron chi connectivity index (χ3n) is 2.17. The number of rotatable bonds is 4. The van der Waals surface area contributed by atoms with Crippen molar-refractivity contribution >= 4 is 5.69 Å². The summed E-state index contributed by atoms with van der Waals surface area (Å²) in [7, 11) is 0. The lowest BCUT2D eigenvalue weighted by Gasteiger charge is -2.12. The van der Waals surface area contributed by atoms with Crippen molar-refractivity contribution in [3.05, 3.63) is 23.3 Å². The van der Waals surface area contributed by atoms with Gasteiger partial charge in [0, 0.05) is 17.7 Å². The molecule has 0 atom stereocenters. The normalized spacial score (nSPS) is 10.2. The summed E-state index contributed by atoms with van der Waals surface area (Å²) < 4.78 is 17.3. The second-order valence-electron chi connectivity index (χ2n) is 3.32. The molecule has 0 fully saturated rings. The molecule has 2 N–H and O–H groups in total. The van der Waals surface area contributed by atoms with Crippen LogP contribution in [-0.4, -0.2) is 13.3 Å². The van der Waals surface area contributed by atoms with E-state index in [2.05, 4.69) is 0 Å². The number of hydrogen-bond acceptors (Lipinski definition) is 2. The van der Waals surface area contributed by atoms with Gasteiger partial charge < -0.3 is 10.5 Å². The van der Waals surface area contributed by atoms with E-state index in [0.29, 0.717) is 18.7 Å². The maximum Gasteiger partial charge on any atom is 0.127 e. The summed E-state index contributed by atoms with van der Waals surface area (Å²) in [6.45, 7) is 3.92. The van der Waals surface area contributed by atoms with E-state index in [1.807, 2.05) is 26.0 Å². The Morgan fingerprint density at radius 2 is 2.07 bits per heavy atom. The third kappa shape index (κ3) is 2.37. The molecule has 0 unspecified atom stereocenters. The monoisotopic (exact) mass is 197 g/mol. The van der Waals surface area contributed by atoms with Gasteiger partial charge >= 0.3 is 0 Å². The van der Waals surface area contributed by atoms with E-state index < -0.39 is 0 Å². The lowest BCUT2D eigenvalue weighted by Crippen LogP contribution is -2.03. The van der Waals surface area contributed by atoms with Gasteiger partial charge in [0.25, 0.3) is 0 Å². The molecule has 0 heterocycles. The summed E-state index contributed by atoms with van der Waals surface area (Å²) in [5.41, 5.74) is 8.43. The van der Waals surface area contributed by atoms with Crippen LogP contribution in [0.2, 0.25) is 0 Å². The molecule has 0 amide bonds. The first-order chi connectivity index (χ1) is 6.66. The van der Waals surface area contributed by atoms with Crippen molar-refractivity contribution in [3.63, 3.8) is 0 Å². The zero-order chi connectivity index (χ0) is 10.6. The fourth-order valence-electron chi connectivity index (χ4n) is 1.29. The maximum atomic E-state index is 11.9. The SMILES string of the molecule is Cc1ccc(N)c(C)c1OCCCF. The number of alkyl halides is 1. The number of aryl methyl sites for hydroxylation is 1. The highest BCUT2D eigenvalue weighted by Crippen LogP contribution is 2.27. The Kier molecular flexibility index (Phi) is 3.74. The van der Waals surface area contributed by atoms with E-state index in [1.54, 1.807) is 0 Å². The fraction of sp³-hybridized carbons (Fsp3) is 0.455. The molecule has 1 aromatic rings. The number of benzene rings is 1. The zero-order valence-electron chi connectivity index (χ0n) is 8.64. The summed E-state index contributed by atoms with van der Waals surface area (Å²) >= 11 is 0. The smallest absolute Gasteiger partial charge is 0.127 e. The van der Waals surface area contributed by atoms with Crippen LogP contribution in [0, 0.1) is 13.8 Å². The minimum atomic E-state index is -0.347. The van der Waals surface area contributed by atoms with E-state index in [1.165, 1.54) is 0 Å². The first-order valence-electron chi connectivity index (χ1n) is 4.71. The van der Waals surface area contributed by atoms with Gasteiger partial charge in [0.1, 0.15) is 5.75 Å². The molecule has 1 rings (SSSR count). The van der Waals surface area contributed by atoms with Crippen molar-refractivity contribution in [2.24, 2.45) is 0 Å². The highest BCUT2D eigenvalue weighted by Gasteiger charge is 2.06. The Labute approximate surface area is 83.9 Å². The van der Waals surface area contributed by atoms with Gasteiger partial charge in [-0.2, -0.15) is 0 Å². The molecule has 2 nitrogen and oxygen atoms in total. The fourth-order valence-corrected chi connectivity index (χ4v) is 1.29. The van der Waals surface area contributed by atoms with E-state index in [9.17, 15) is 4.39 Å². The number of ether oxygens (including phenoxy) is 1. The van der Waals surface area contributed by atoms with Gasteiger partial charge in [0.15, 0.2) is 0 Å². The minimum Gasteiger partial charge on any atom is -0.493 e. The van der Waals surface area contributed by atoms with Gasteiger partial charge in [0.2, 0.25) is 0 Å². The van der Waals surface area contributed by atoms with Gasteiger partial charge in [-0.15, -0.1) is 0 Å². The van der Waals surface area contributed by atoms with E-state index in [4.69, 9.17) is 10.5 Å². The quantitative estimate of drug-likeness (QED) is 0.595.